The standard InChI is InChI=1S/C15H13ClO5S/c1-9-6-12(22(2,19)20)8-13(16)14(9)21-11-5-3-4-10(7-11)15(17)18/h3-8H,1-2H3,(H,17,18). The number of hydrogen-bond acceptors (Lipinski definition) is 4. The van der Waals surface area contributed by atoms with Gasteiger partial charge in [-0.3, -0.25) is 0 Å². The van der Waals surface area contributed by atoms with E-state index < -0.39 is 15.8 Å². The molecule has 0 aliphatic heterocycles. The lowest BCUT2D eigenvalue weighted by Gasteiger charge is -2.12. The van der Waals surface area contributed by atoms with Crippen molar-refractivity contribution >= 4 is 27.4 Å². The highest BCUT2D eigenvalue weighted by molar-refractivity contribution is 7.90. The Morgan fingerprint density at radius 2 is 1.91 bits per heavy atom. The van der Waals surface area contributed by atoms with E-state index in [1.165, 1.54) is 24.3 Å². The first-order valence-corrected chi connectivity index (χ1v) is 8.47. The van der Waals surface area contributed by atoms with Crippen LogP contribution in [0.2, 0.25) is 5.02 Å². The number of aryl methyl sites for hydroxylation is 1. The molecule has 0 radical (unpaired) electrons. The largest absolute Gasteiger partial charge is 0.478 e. The lowest BCUT2D eigenvalue weighted by Crippen LogP contribution is -2.00. The fourth-order valence-electron chi connectivity index (χ4n) is 1.85. The zero-order valence-electron chi connectivity index (χ0n) is 11.8. The molecule has 2 aromatic carbocycles. The normalized spacial score (nSPS) is 11.2. The minimum Gasteiger partial charge on any atom is -0.478 e. The Hall–Kier alpha value is -2.05. The lowest BCUT2D eigenvalue weighted by atomic mass is 10.2. The number of ether oxygens (including phenoxy) is 1. The van der Waals surface area contributed by atoms with E-state index in [-0.39, 0.29) is 21.2 Å². The Morgan fingerprint density at radius 1 is 1.23 bits per heavy atom. The first kappa shape index (κ1) is 16.3. The van der Waals surface area contributed by atoms with Crippen LogP contribution >= 0.6 is 11.6 Å². The van der Waals surface area contributed by atoms with Crippen LogP contribution in [-0.4, -0.2) is 25.7 Å². The smallest absolute Gasteiger partial charge is 0.335 e. The Bertz CT molecular complexity index is 820. The van der Waals surface area contributed by atoms with E-state index in [2.05, 4.69) is 0 Å². The van der Waals surface area contributed by atoms with Crippen LogP contribution < -0.4 is 4.74 Å². The lowest BCUT2D eigenvalue weighted by molar-refractivity contribution is 0.0696. The molecule has 5 nitrogen and oxygen atoms in total. The number of aromatic carboxylic acids is 1. The van der Waals surface area contributed by atoms with Gasteiger partial charge >= 0.3 is 5.97 Å². The summed E-state index contributed by atoms with van der Waals surface area (Å²) in [6.45, 7) is 1.66. The second kappa shape index (κ2) is 5.98. The molecule has 0 unspecified atom stereocenters. The number of sulfone groups is 1. The maximum Gasteiger partial charge on any atom is 0.335 e. The monoisotopic (exact) mass is 340 g/mol. The molecule has 0 atom stereocenters. The highest BCUT2D eigenvalue weighted by Gasteiger charge is 2.15. The summed E-state index contributed by atoms with van der Waals surface area (Å²) < 4.78 is 28.7. The van der Waals surface area contributed by atoms with Crippen molar-refractivity contribution in [3.8, 4) is 11.5 Å². The highest BCUT2D eigenvalue weighted by Crippen LogP contribution is 2.35. The summed E-state index contributed by atoms with van der Waals surface area (Å²) >= 11 is 6.09. The van der Waals surface area contributed by atoms with Gasteiger partial charge in [0.25, 0.3) is 0 Å². The molecule has 0 bridgehead atoms. The topological polar surface area (TPSA) is 80.7 Å². The van der Waals surface area contributed by atoms with Crippen molar-refractivity contribution in [1.29, 1.82) is 0 Å². The van der Waals surface area contributed by atoms with Gasteiger partial charge in [0.2, 0.25) is 0 Å². The highest BCUT2D eigenvalue weighted by atomic mass is 35.5. The van der Waals surface area contributed by atoms with E-state index in [1.807, 2.05) is 0 Å². The van der Waals surface area contributed by atoms with Crippen molar-refractivity contribution in [2.45, 2.75) is 11.8 Å². The van der Waals surface area contributed by atoms with Crippen LogP contribution in [0, 0.1) is 6.92 Å². The summed E-state index contributed by atoms with van der Waals surface area (Å²) in [6.07, 6.45) is 1.09. The van der Waals surface area contributed by atoms with Gasteiger partial charge in [-0.2, -0.15) is 0 Å². The molecule has 2 rings (SSSR count). The summed E-state index contributed by atoms with van der Waals surface area (Å²) in [4.78, 5) is 11.0. The average Bonchev–Trinajstić information content (AvgIpc) is 2.42. The molecule has 0 fully saturated rings. The molecule has 116 valence electrons. The second-order valence-corrected chi connectivity index (χ2v) is 7.18. The number of carboxylic acid groups (broad SMARTS) is 1. The van der Waals surface area contributed by atoms with Crippen LogP contribution in [0.3, 0.4) is 0 Å². The SMILES string of the molecule is Cc1cc(S(C)(=O)=O)cc(Cl)c1Oc1cccc(C(=O)O)c1. The molecular formula is C15H13ClO5S. The summed E-state index contributed by atoms with van der Waals surface area (Å²) in [5.74, 6) is -0.477. The average molecular weight is 341 g/mol. The molecule has 1 N–H and O–H groups in total. The van der Waals surface area contributed by atoms with Crippen LogP contribution in [0.4, 0.5) is 0 Å². The molecule has 2 aromatic rings. The van der Waals surface area contributed by atoms with Crippen LogP contribution in [0.25, 0.3) is 0 Å². The number of rotatable bonds is 4. The van der Waals surface area contributed by atoms with Gasteiger partial charge in [-0.25, -0.2) is 13.2 Å². The van der Waals surface area contributed by atoms with E-state index in [0.29, 0.717) is 11.3 Å². The van der Waals surface area contributed by atoms with Crippen molar-refractivity contribution in [2.24, 2.45) is 0 Å². The van der Waals surface area contributed by atoms with Gasteiger partial charge in [-0.1, -0.05) is 17.7 Å². The minimum atomic E-state index is -3.37. The molecule has 7 heteroatoms. The molecule has 0 aromatic heterocycles. The summed E-state index contributed by atoms with van der Waals surface area (Å²) in [7, 11) is -3.37. The van der Waals surface area contributed by atoms with E-state index in [0.717, 1.165) is 6.26 Å². The maximum absolute atomic E-state index is 11.6. The van der Waals surface area contributed by atoms with Gasteiger partial charge in [0, 0.05) is 6.26 Å². The molecule has 0 saturated carbocycles. The van der Waals surface area contributed by atoms with Crippen LogP contribution in [-0.2, 0) is 9.84 Å². The van der Waals surface area contributed by atoms with E-state index in [1.54, 1.807) is 19.1 Å². The second-order valence-electron chi connectivity index (χ2n) is 4.76. The summed E-state index contributed by atoms with van der Waals surface area (Å²) in [5, 5.41) is 9.10. The zero-order chi connectivity index (χ0) is 16.5. The third-order valence-electron chi connectivity index (χ3n) is 2.93. The fourth-order valence-corrected chi connectivity index (χ4v) is 2.95. The van der Waals surface area contributed by atoms with E-state index >= 15 is 0 Å². The maximum atomic E-state index is 11.6. The summed E-state index contributed by atoms with van der Waals surface area (Å²) in [6, 6.07) is 8.70. The Morgan fingerprint density at radius 3 is 2.45 bits per heavy atom. The molecule has 0 aliphatic carbocycles. The van der Waals surface area contributed by atoms with Crippen LogP contribution in [0.15, 0.2) is 41.3 Å². The molecule has 0 saturated heterocycles. The summed E-state index contributed by atoms with van der Waals surface area (Å²) in [5.41, 5.74) is 0.618. The number of benzene rings is 2. The molecule has 22 heavy (non-hydrogen) atoms. The van der Waals surface area contributed by atoms with Gasteiger partial charge in [0.1, 0.15) is 11.5 Å². The Kier molecular flexibility index (Phi) is 4.44. The van der Waals surface area contributed by atoms with Crippen LogP contribution in [0.1, 0.15) is 15.9 Å². The first-order valence-electron chi connectivity index (χ1n) is 6.20. The minimum absolute atomic E-state index is 0.0824. The van der Waals surface area contributed by atoms with Crippen molar-refractivity contribution in [1.82, 2.24) is 0 Å². The Balaban J connectivity index is 2.42. The predicted octanol–water partition coefficient (Wildman–Crippen LogP) is 3.54. The first-order chi connectivity index (χ1) is 10.2. The van der Waals surface area contributed by atoms with Gasteiger partial charge in [-0.05, 0) is 42.8 Å². The van der Waals surface area contributed by atoms with Gasteiger partial charge in [0.05, 0.1) is 15.5 Å². The third kappa shape index (κ3) is 3.58. The molecular weight excluding hydrogens is 328 g/mol. The Labute approximate surface area is 133 Å². The predicted molar refractivity (Wildman–Crippen MR) is 82.8 cm³/mol. The van der Waals surface area contributed by atoms with Crippen molar-refractivity contribution in [3.05, 3.63) is 52.5 Å². The molecule has 0 heterocycles. The van der Waals surface area contributed by atoms with Gasteiger partial charge in [-0.15, -0.1) is 0 Å². The van der Waals surface area contributed by atoms with Crippen molar-refractivity contribution in [3.63, 3.8) is 0 Å². The van der Waals surface area contributed by atoms with Crippen molar-refractivity contribution in [2.75, 3.05) is 6.26 Å². The van der Waals surface area contributed by atoms with Crippen molar-refractivity contribution < 1.29 is 23.1 Å². The van der Waals surface area contributed by atoms with E-state index in [4.69, 9.17) is 21.4 Å². The number of carbonyl (C=O) groups is 1. The number of halogens is 1. The van der Waals surface area contributed by atoms with Gasteiger partial charge < -0.3 is 9.84 Å². The molecule has 0 aliphatic rings. The van der Waals surface area contributed by atoms with Crippen LogP contribution in [0.5, 0.6) is 11.5 Å². The zero-order valence-corrected chi connectivity index (χ0v) is 13.4. The quantitative estimate of drug-likeness (QED) is 0.920. The molecule has 0 spiro atoms. The fraction of sp³-hybridized carbons (Fsp3) is 0.133. The van der Waals surface area contributed by atoms with E-state index in [9.17, 15) is 13.2 Å². The third-order valence-corrected chi connectivity index (χ3v) is 4.30. The number of carboxylic acids is 1. The number of hydrogen-bond donors (Lipinski definition) is 1. The molecule has 0 amide bonds. The van der Waals surface area contributed by atoms with Gasteiger partial charge in [0.15, 0.2) is 9.84 Å².